The lowest BCUT2D eigenvalue weighted by Crippen LogP contribution is -2.15. The molecule has 2 nitrogen and oxygen atoms in total. The first-order valence-corrected chi connectivity index (χ1v) is 4.80. The van der Waals surface area contributed by atoms with Crippen LogP contribution in [-0.4, -0.2) is 16.8 Å². The van der Waals surface area contributed by atoms with Crippen LogP contribution in [0.1, 0.15) is 13.3 Å². The van der Waals surface area contributed by atoms with Crippen molar-refractivity contribution in [3.8, 4) is 0 Å². The SMILES string of the molecule is CC1=CCC=C(CSCO)N1. The monoisotopic (exact) mass is 171 g/mol. The van der Waals surface area contributed by atoms with Gasteiger partial charge in [-0.3, -0.25) is 0 Å². The lowest BCUT2D eigenvalue weighted by atomic mass is 10.2. The molecule has 0 aliphatic carbocycles. The van der Waals surface area contributed by atoms with Gasteiger partial charge < -0.3 is 10.4 Å². The zero-order valence-corrected chi connectivity index (χ0v) is 7.45. The van der Waals surface area contributed by atoms with Gasteiger partial charge in [0.2, 0.25) is 0 Å². The van der Waals surface area contributed by atoms with Crippen LogP contribution in [0.5, 0.6) is 0 Å². The van der Waals surface area contributed by atoms with E-state index in [-0.39, 0.29) is 5.94 Å². The molecule has 1 aliphatic heterocycles. The van der Waals surface area contributed by atoms with E-state index in [9.17, 15) is 0 Å². The van der Waals surface area contributed by atoms with Crippen molar-refractivity contribution in [2.45, 2.75) is 13.3 Å². The summed E-state index contributed by atoms with van der Waals surface area (Å²) in [7, 11) is 0. The van der Waals surface area contributed by atoms with Crippen LogP contribution in [0.25, 0.3) is 0 Å². The maximum Gasteiger partial charge on any atom is 0.0889 e. The first kappa shape index (κ1) is 8.68. The fourth-order valence-corrected chi connectivity index (χ4v) is 1.49. The molecule has 11 heavy (non-hydrogen) atoms. The van der Waals surface area contributed by atoms with Crippen molar-refractivity contribution in [2.24, 2.45) is 0 Å². The van der Waals surface area contributed by atoms with Crippen LogP contribution in [0, 0.1) is 0 Å². The smallest absolute Gasteiger partial charge is 0.0889 e. The molecule has 0 saturated carbocycles. The highest BCUT2D eigenvalue weighted by Crippen LogP contribution is 2.11. The van der Waals surface area contributed by atoms with Crippen LogP contribution in [0.15, 0.2) is 23.5 Å². The second-order valence-corrected chi connectivity index (χ2v) is 3.41. The molecule has 0 saturated heterocycles. The van der Waals surface area contributed by atoms with Gasteiger partial charge in [0.1, 0.15) is 0 Å². The molecule has 0 amide bonds. The van der Waals surface area contributed by atoms with Gasteiger partial charge in [-0.2, -0.15) is 0 Å². The van der Waals surface area contributed by atoms with E-state index in [1.165, 1.54) is 23.2 Å². The Bertz CT molecular complexity index is 187. The van der Waals surface area contributed by atoms with Gasteiger partial charge >= 0.3 is 0 Å². The van der Waals surface area contributed by atoms with Gasteiger partial charge in [-0.15, -0.1) is 11.8 Å². The number of thioether (sulfide) groups is 1. The normalized spacial score (nSPS) is 16.9. The van der Waals surface area contributed by atoms with Crippen molar-refractivity contribution in [2.75, 3.05) is 11.7 Å². The Kier molecular flexibility index (Phi) is 3.52. The summed E-state index contributed by atoms with van der Waals surface area (Å²) in [5.74, 6) is 1.07. The summed E-state index contributed by atoms with van der Waals surface area (Å²) in [6, 6.07) is 0. The highest BCUT2D eigenvalue weighted by Gasteiger charge is 2.00. The molecular weight excluding hydrogens is 158 g/mol. The van der Waals surface area contributed by atoms with Gasteiger partial charge in [-0.05, 0) is 13.3 Å². The number of hydrogen-bond donors (Lipinski definition) is 2. The van der Waals surface area contributed by atoms with Crippen molar-refractivity contribution in [3.05, 3.63) is 23.5 Å². The van der Waals surface area contributed by atoms with Crippen LogP contribution in [0.3, 0.4) is 0 Å². The Morgan fingerprint density at radius 2 is 2.45 bits per heavy atom. The van der Waals surface area contributed by atoms with E-state index in [1.54, 1.807) is 0 Å². The molecule has 0 unspecified atom stereocenters. The van der Waals surface area contributed by atoms with E-state index >= 15 is 0 Å². The second kappa shape index (κ2) is 4.46. The van der Waals surface area contributed by atoms with E-state index in [0.29, 0.717) is 0 Å². The fourth-order valence-electron chi connectivity index (χ4n) is 0.984. The fraction of sp³-hybridized carbons (Fsp3) is 0.500. The minimum Gasteiger partial charge on any atom is -0.386 e. The number of dihydropyridines is 1. The summed E-state index contributed by atoms with van der Waals surface area (Å²) in [5.41, 5.74) is 2.42. The molecule has 3 heteroatoms. The molecule has 0 bridgehead atoms. The molecule has 0 atom stereocenters. The Morgan fingerprint density at radius 1 is 1.64 bits per heavy atom. The van der Waals surface area contributed by atoms with E-state index in [4.69, 9.17) is 5.11 Å². The molecule has 1 heterocycles. The quantitative estimate of drug-likeness (QED) is 0.630. The Morgan fingerprint density at radius 3 is 3.09 bits per heavy atom. The number of aliphatic hydroxyl groups is 1. The van der Waals surface area contributed by atoms with Crippen molar-refractivity contribution in [1.82, 2.24) is 5.32 Å². The topological polar surface area (TPSA) is 32.3 Å². The summed E-state index contributed by atoms with van der Waals surface area (Å²) in [6.45, 7) is 2.05. The number of hydrogen-bond acceptors (Lipinski definition) is 3. The van der Waals surface area contributed by atoms with E-state index in [0.717, 1.165) is 12.2 Å². The van der Waals surface area contributed by atoms with Crippen LogP contribution >= 0.6 is 11.8 Å². The van der Waals surface area contributed by atoms with Crippen molar-refractivity contribution < 1.29 is 5.11 Å². The van der Waals surface area contributed by atoms with Gasteiger partial charge in [-0.25, -0.2) is 0 Å². The first-order chi connectivity index (χ1) is 5.33. The standard InChI is InChI=1S/C8H13NOS/c1-7-3-2-4-8(9-7)5-11-6-10/h3-4,9-10H,2,5-6H2,1H3. The maximum absolute atomic E-state index is 8.56. The second-order valence-electron chi connectivity index (χ2n) is 2.45. The summed E-state index contributed by atoms with van der Waals surface area (Å²) < 4.78 is 0. The molecule has 0 aromatic heterocycles. The van der Waals surface area contributed by atoms with Gasteiger partial charge in [-0.1, -0.05) is 12.2 Å². The van der Waals surface area contributed by atoms with Gasteiger partial charge in [0.15, 0.2) is 0 Å². The first-order valence-electron chi connectivity index (χ1n) is 3.64. The molecule has 0 radical (unpaired) electrons. The van der Waals surface area contributed by atoms with Crippen LogP contribution in [-0.2, 0) is 0 Å². The predicted molar refractivity (Wildman–Crippen MR) is 49.1 cm³/mol. The predicted octanol–water partition coefficient (Wildman–Crippen LogP) is 1.45. The molecule has 0 fully saturated rings. The third-order valence-electron chi connectivity index (χ3n) is 1.49. The molecule has 1 aliphatic rings. The number of nitrogens with one attached hydrogen (secondary N) is 1. The van der Waals surface area contributed by atoms with E-state index < -0.39 is 0 Å². The van der Waals surface area contributed by atoms with Gasteiger partial charge in [0, 0.05) is 17.1 Å². The summed E-state index contributed by atoms with van der Waals surface area (Å²) in [6.07, 6.45) is 5.31. The number of aliphatic hydroxyl groups excluding tert-OH is 1. The number of rotatable bonds is 3. The lowest BCUT2D eigenvalue weighted by Gasteiger charge is -2.14. The Hall–Kier alpha value is -0.410. The highest BCUT2D eigenvalue weighted by atomic mass is 32.2. The zero-order valence-electron chi connectivity index (χ0n) is 6.63. The molecule has 1 rings (SSSR count). The average Bonchev–Trinajstić information content (AvgIpc) is 2.01. The highest BCUT2D eigenvalue weighted by molar-refractivity contribution is 7.99. The summed E-state index contributed by atoms with van der Waals surface area (Å²) in [5, 5.41) is 11.8. The molecule has 62 valence electrons. The molecule has 2 N–H and O–H groups in total. The van der Waals surface area contributed by atoms with Crippen molar-refractivity contribution >= 4 is 11.8 Å². The van der Waals surface area contributed by atoms with Crippen molar-refractivity contribution in [1.29, 1.82) is 0 Å². The van der Waals surface area contributed by atoms with Gasteiger partial charge in [0.05, 0.1) is 5.94 Å². The third-order valence-corrected chi connectivity index (χ3v) is 2.19. The summed E-state index contributed by atoms with van der Waals surface area (Å²) in [4.78, 5) is 0. The van der Waals surface area contributed by atoms with Crippen LogP contribution < -0.4 is 5.32 Å². The van der Waals surface area contributed by atoms with Crippen molar-refractivity contribution in [3.63, 3.8) is 0 Å². The molecular formula is C8H13NOS. The summed E-state index contributed by atoms with van der Waals surface area (Å²) >= 11 is 1.51. The van der Waals surface area contributed by atoms with E-state index in [1.807, 2.05) is 0 Å². The molecule has 0 aromatic carbocycles. The average molecular weight is 171 g/mol. The van der Waals surface area contributed by atoms with E-state index in [2.05, 4.69) is 24.4 Å². The Labute approximate surface area is 71.4 Å². The molecule has 0 spiro atoms. The van der Waals surface area contributed by atoms with Crippen LogP contribution in [0.2, 0.25) is 0 Å². The van der Waals surface area contributed by atoms with Gasteiger partial charge in [0.25, 0.3) is 0 Å². The lowest BCUT2D eigenvalue weighted by molar-refractivity contribution is 0.375. The third kappa shape index (κ3) is 2.99. The zero-order chi connectivity index (χ0) is 8.10. The number of allylic oxidation sites excluding steroid dienone is 3. The maximum atomic E-state index is 8.56. The Balaban J connectivity index is 2.30. The van der Waals surface area contributed by atoms with Crippen LogP contribution in [0.4, 0.5) is 0 Å². The minimum absolute atomic E-state index is 0.196. The minimum atomic E-state index is 0.196. The largest absolute Gasteiger partial charge is 0.386 e. The molecule has 0 aromatic rings.